The third-order valence-corrected chi connectivity index (χ3v) is 6.18. The summed E-state index contributed by atoms with van der Waals surface area (Å²) in [7, 11) is -3.48. The second-order valence-electron chi connectivity index (χ2n) is 6.18. The fraction of sp³-hybridized carbons (Fsp3) is 0.316. The van der Waals surface area contributed by atoms with Crippen molar-refractivity contribution in [1.82, 2.24) is 4.31 Å². The molecule has 138 valence electrons. The number of carbonyl (C=O) groups is 1. The maximum absolute atomic E-state index is 12.7. The van der Waals surface area contributed by atoms with Crippen LogP contribution in [0.3, 0.4) is 0 Å². The smallest absolute Gasteiger partial charge is 0.248 e. The van der Waals surface area contributed by atoms with Gasteiger partial charge in [-0.2, -0.15) is 4.31 Å². The molecular formula is C19H22N2O4S. The molecule has 1 saturated heterocycles. The van der Waals surface area contributed by atoms with Crippen LogP contribution in [-0.4, -0.2) is 31.7 Å². The quantitative estimate of drug-likeness (QED) is 0.813. The maximum atomic E-state index is 12.7. The van der Waals surface area contributed by atoms with Gasteiger partial charge in [-0.25, -0.2) is 8.42 Å². The highest BCUT2D eigenvalue weighted by atomic mass is 32.2. The van der Waals surface area contributed by atoms with E-state index in [2.05, 4.69) is 5.32 Å². The molecule has 0 radical (unpaired) electrons. The summed E-state index contributed by atoms with van der Waals surface area (Å²) in [5, 5.41) is 2.70. The van der Waals surface area contributed by atoms with Crippen molar-refractivity contribution >= 4 is 27.7 Å². The fourth-order valence-corrected chi connectivity index (χ4v) is 4.39. The van der Waals surface area contributed by atoms with Crippen LogP contribution in [0.1, 0.15) is 31.4 Å². The number of sulfonamides is 1. The van der Waals surface area contributed by atoms with Crippen molar-refractivity contribution < 1.29 is 17.6 Å². The maximum Gasteiger partial charge on any atom is 0.248 e. The van der Waals surface area contributed by atoms with Gasteiger partial charge in [0.2, 0.25) is 15.9 Å². The zero-order valence-corrected chi connectivity index (χ0v) is 15.2. The minimum atomic E-state index is -3.48. The molecule has 0 aliphatic carbocycles. The third-order valence-electron chi connectivity index (χ3n) is 4.27. The van der Waals surface area contributed by atoms with Crippen molar-refractivity contribution in [2.45, 2.75) is 30.6 Å². The van der Waals surface area contributed by atoms with E-state index in [1.54, 1.807) is 34.6 Å². The minimum Gasteiger partial charge on any atom is -0.465 e. The average Bonchev–Trinajstić information content (AvgIpc) is 3.00. The van der Waals surface area contributed by atoms with Crippen molar-refractivity contribution in [3.05, 3.63) is 54.5 Å². The van der Waals surface area contributed by atoms with Gasteiger partial charge in [-0.3, -0.25) is 4.79 Å². The first-order chi connectivity index (χ1) is 12.6. The summed E-state index contributed by atoms with van der Waals surface area (Å²) < 4.78 is 32.1. The van der Waals surface area contributed by atoms with Gasteiger partial charge >= 0.3 is 0 Å². The first kappa shape index (κ1) is 18.4. The van der Waals surface area contributed by atoms with Crippen molar-refractivity contribution in [2.75, 3.05) is 18.4 Å². The SMILES string of the molecule is O=C(/C=C/c1ccco1)Nc1ccc(S(=O)(=O)N2CCCCCC2)cc1. The van der Waals surface area contributed by atoms with Crippen molar-refractivity contribution in [3.8, 4) is 0 Å². The summed E-state index contributed by atoms with van der Waals surface area (Å²) in [4.78, 5) is 12.2. The highest BCUT2D eigenvalue weighted by Gasteiger charge is 2.24. The molecule has 1 amide bonds. The van der Waals surface area contributed by atoms with Crippen LogP contribution in [0.25, 0.3) is 6.08 Å². The van der Waals surface area contributed by atoms with Crippen LogP contribution in [0, 0.1) is 0 Å². The van der Waals surface area contributed by atoms with Gasteiger partial charge in [0.15, 0.2) is 0 Å². The molecule has 1 aliphatic heterocycles. The first-order valence-electron chi connectivity index (χ1n) is 8.68. The van der Waals surface area contributed by atoms with E-state index in [1.807, 2.05) is 0 Å². The topological polar surface area (TPSA) is 79.6 Å². The number of hydrogen-bond donors (Lipinski definition) is 1. The van der Waals surface area contributed by atoms with Gasteiger partial charge in [0, 0.05) is 24.9 Å². The van der Waals surface area contributed by atoms with Gasteiger partial charge in [0.1, 0.15) is 5.76 Å². The highest BCUT2D eigenvalue weighted by molar-refractivity contribution is 7.89. The molecule has 1 fully saturated rings. The van der Waals surface area contributed by atoms with E-state index in [1.165, 1.54) is 24.5 Å². The summed E-state index contributed by atoms with van der Waals surface area (Å²) in [6, 6.07) is 9.75. The highest BCUT2D eigenvalue weighted by Crippen LogP contribution is 2.21. The number of amides is 1. The van der Waals surface area contributed by atoms with Crippen LogP contribution in [0.5, 0.6) is 0 Å². The molecular weight excluding hydrogens is 352 g/mol. The predicted octanol–water partition coefficient (Wildman–Crippen LogP) is 3.50. The molecule has 26 heavy (non-hydrogen) atoms. The Labute approximate surface area is 153 Å². The molecule has 0 bridgehead atoms. The largest absolute Gasteiger partial charge is 0.465 e. The second-order valence-corrected chi connectivity index (χ2v) is 8.12. The lowest BCUT2D eigenvalue weighted by molar-refractivity contribution is -0.111. The van der Waals surface area contributed by atoms with Gasteiger partial charge in [0.05, 0.1) is 11.2 Å². The lowest BCUT2D eigenvalue weighted by atomic mass is 10.2. The van der Waals surface area contributed by atoms with E-state index in [-0.39, 0.29) is 10.8 Å². The standard InChI is InChI=1S/C19H22N2O4S/c22-19(12-9-17-6-5-15-25-17)20-16-7-10-18(11-8-16)26(23,24)21-13-3-1-2-4-14-21/h5-12,15H,1-4,13-14H2,(H,20,22)/b12-9+. The molecule has 1 aromatic carbocycles. The Bertz CT molecular complexity index is 847. The zero-order valence-electron chi connectivity index (χ0n) is 14.4. The number of benzene rings is 1. The zero-order chi connectivity index (χ0) is 18.4. The van der Waals surface area contributed by atoms with E-state index in [9.17, 15) is 13.2 Å². The fourth-order valence-electron chi connectivity index (χ4n) is 2.87. The van der Waals surface area contributed by atoms with Crippen molar-refractivity contribution in [2.24, 2.45) is 0 Å². The number of carbonyl (C=O) groups excluding carboxylic acids is 1. The van der Waals surface area contributed by atoms with Gasteiger partial charge in [-0.15, -0.1) is 0 Å². The summed E-state index contributed by atoms with van der Waals surface area (Å²) in [5.74, 6) is 0.267. The monoisotopic (exact) mass is 374 g/mol. The molecule has 0 spiro atoms. The Kier molecular flexibility index (Phi) is 5.90. The molecule has 2 heterocycles. The van der Waals surface area contributed by atoms with Crippen LogP contribution in [-0.2, 0) is 14.8 Å². The Morgan fingerprint density at radius 3 is 2.35 bits per heavy atom. The van der Waals surface area contributed by atoms with Crippen LogP contribution < -0.4 is 5.32 Å². The van der Waals surface area contributed by atoms with E-state index in [4.69, 9.17) is 4.42 Å². The number of rotatable bonds is 5. The van der Waals surface area contributed by atoms with Crippen LogP contribution in [0.15, 0.2) is 58.1 Å². The normalized spacial score (nSPS) is 16.5. The molecule has 7 heteroatoms. The first-order valence-corrected chi connectivity index (χ1v) is 10.1. The molecule has 3 rings (SSSR count). The van der Waals surface area contributed by atoms with Crippen LogP contribution in [0.2, 0.25) is 0 Å². The summed E-state index contributed by atoms with van der Waals surface area (Å²) in [6.45, 7) is 1.14. The van der Waals surface area contributed by atoms with E-state index >= 15 is 0 Å². The number of nitrogens with one attached hydrogen (secondary N) is 1. The van der Waals surface area contributed by atoms with E-state index in [0.717, 1.165) is 25.7 Å². The molecule has 2 aromatic rings. The molecule has 6 nitrogen and oxygen atoms in total. The number of furan rings is 1. The van der Waals surface area contributed by atoms with Gasteiger partial charge in [-0.05, 0) is 55.3 Å². The average molecular weight is 374 g/mol. The van der Waals surface area contributed by atoms with E-state index in [0.29, 0.717) is 24.5 Å². The van der Waals surface area contributed by atoms with E-state index < -0.39 is 10.0 Å². The Balaban J connectivity index is 1.65. The minimum absolute atomic E-state index is 0.253. The molecule has 1 N–H and O–H groups in total. The van der Waals surface area contributed by atoms with Crippen LogP contribution >= 0.6 is 0 Å². The van der Waals surface area contributed by atoms with Crippen molar-refractivity contribution in [3.63, 3.8) is 0 Å². The van der Waals surface area contributed by atoms with Crippen molar-refractivity contribution in [1.29, 1.82) is 0 Å². The Morgan fingerprint density at radius 2 is 1.73 bits per heavy atom. The Morgan fingerprint density at radius 1 is 1.04 bits per heavy atom. The summed E-state index contributed by atoms with van der Waals surface area (Å²) >= 11 is 0. The predicted molar refractivity (Wildman–Crippen MR) is 100 cm³/mol. The summed E-state index contributed by atoms with van der Waals surface area (Å²) in [5.41, 5.74) is 0.536. The number of hydrogen-bond acceptors (Lipinski definition) is 4. The lowest BCUT2D eigenvalue weighted by Gasteiger charge is -2.20. The lowest BCUT2D eigenvalue weighted by Crippen LogP contribution is -2.31. The molecule has 0 saturated carbocycles. The van der Waals surface area contributed by atoms with Crippen LogP contribution in [0.4, 0.5) is 5.69 Å². The number of anilines is 1. The molecule has 0 unspecified atom stereocenters. The van der Waals surface area contributed by atoms with Gasteiger partial charge < -0.3 is 9.73 Å². The second kappa shape index (κ2) is 8.33. The third kappa shape index (κ3) is 4.62. The summed E-state index contributed by atoms with van der Waals surface area (Å²) in [6.07, 6.45) is 8.39. The molecule has 1 aromatic heterocycles. The number of nitrogens with zero attached hydrogens (tertiary/aromatic N) is 1. The molecule has 0 atom stereocenters. The Hall–Kier alpha value is -2.38. The molecule has 1 aliphatic rings. The van der Waals surface area contributed by atoms with Gasteiger partial charge in [-0.1, -0.05) is 12.8 Å². The van der Waals surface area contributed by atoms with Gasteiger partial charge in [0.25, 0.3) is 0 Å².